The zero-order valence-electron chi connectivity index (χ0n) is 17.7. The number of pyridine rings is 1. The summed E-state index contributed by atoms with van der Waals surface area (Å²) in [5.41, 5.74) is 3.71. The standard InChI is InChI=1S/C23H21N5O4/c1-31-20-9-8-16(21(25-20)32-2)22(29)27-11-10-15-18(13-27)24-19-12-17(26-28(19)23(15)30)14-6-4-3-5-7-14/h3-9,12,26H,10-11,13H2,1-2H3. The highest BCUT2D eigenvalue weighted by Gasteiger charge is 2.28. The van der Waals surface area contributed by atoms with Gasteiger partial charge in [-0.2, -0.15) is 4.98 Å². The molecule has 0 fully saturated rings. The Labute approximate surface area is 183 Å². The molecule has 4 heterocycles. The fourth-order valence-electron chi connectivity index (χ4n) is 3.96. The number of rotatable bonds is 4. The Morgan fingerprint density at radius 2 is 1.88 bits per heavy atom. The SMILES string of the molecule is COc1ccc(C(=O)N2CCc3c(nc4cc(-c5ccccc5)[nH]n4c3=O)C2)c(OC)n1. The zero-order valence-corrected chi connectivity index (χ0v) is 17.7. The van der Waals surface area contributed by atoms with E-state index in [1.54, 1.807) is 17.0 Å². The highest BCUT2D eigenvalue weighted by atomic mass is 16.5. The summed E-state index contributed by atoms with van der Waals surface area (Å²) in [6.07, 6.45) is 0.418. The van der Waals surface area contributed by atoms with Crippen molar-refractivity contribution in [2.45, 2.75) is 13.0 Å². The third kappa shape index (κ3) is 3.27. The number of carbonyl (C=O) groups is 1. The molecule has 0 radical (unpaired) electrons. The van der Waals surface area contributed by atoms with E-state index in [9.17, 15) is 9.59 Å². The van der Waals surface area contributed by atoms with Gasteiger partial charge in [0.05, 0.1) is 32.2 Å². The van der Waals surface area contributed by atoms with Crippen LogP contribution in [-0.2, 0) is 13.0 Å². The van der Waals surface area contributed by atoms with Gasteiger partial charge in [0.15, 0.2) is 5.65 Å². The summed E-state index contributed by atoms with van der Waals surface area (Å²) >= 11 is 0. The molecule has 1 N–H and O–H groups in total. The fraction of sp³-hybridized carbons (Fsp3) is 0.217. The van der Waals surface area contributed by atoms with Crippen LogP contribution in [0.15, 0.2) is 53.3 Å². The highest BCUT2D eigenvalue weighted by molar-refractivity contribution is 5.96. The summed E-state index contributed by atoms with van der Waals surface area (Å²) in [6, 6.07) is 14.8. The van der Waals surface area contributed by atoms with Crippen molar-refractivity contribution in [2.24, 2.45) is 0 Å². The predicted octanol–water partition coefficient (Wildman–Crippen LogP) is 2.30. The number of hydrogen-bond acceptors (Lipinski definition) is 6. The van der Waals surface area contributed by atoms with Gasteiger partial charge in [0, 0.05) is 24.2 Å². The van der Waals surface area contributed by atoms with E-state index in [2.05, 4.69) is 15.1 Å². The topological polar surface area (TPSA) is 102 Å². The number of methoxy groups -OCH3 is 2. The first-order valence-corrected chi connectivity index (χ1v) is 10.2. The summed E-state index contributed by atoms with van der Waals surface area (Å²) in [7, 11) is 2.96. The van der Waals surface area contributed by atoms with Crippen LogP contribution >= 0.6 is 0 Å². The Hall–Kier alpha value is -4.14. The van der Waals surface area contributed by atoms with Crippen molar-refractivity contribution in [1.29, 1.82) is 0 Å². The van der Waals surface area contributed by atoms with Gasteiger partial charge in [0.2, 0.25) is 11.8 Å². The Balaban J connectivity index is 1.49. The molecule has 162 valence electrons. The third-order valence-electron chi connectivity index (χ3n) is 5.61. The molecule has 1 amide bonds. The molecule has 9 nitrogen and oxygen atoms in total. The average molecular weight is 431 g/mol. The smallest absolute Gasteiger partial charge is 0.276 e. The van der Waals surface area contributed by atoms with E-state index in [1.807, 2.05) is 36.4 Å². The number of nitrogens with zero attached hydrogens (tertiary/aromatic N) is 4. The largest absolute Gasteiger partial charge is 0.481 e. The van der Waals surface area contributed by atoms with Crippen LogP contribution in [0.3, 0.4) is 0 Å². The van der Waals surface area contributed by atoms with E-state index < -0.39 is 0 Å². The Kier molecular flexibility index (Phi) is 4.85. The minimum absolute atomic E-state index is 0.136. The van der Waals surface area contributed by atoms with E-state index in [0.717, 1.165) is 11.3 Å². The number of ether oxygens (including phenoxy) is 2. The van der Waals surface area contributed by atoms with E-state index >= 15 is 0 Å². The summed E-state index contributed by atoms with van der Waals surface area (Å²) in [4.78, 5) is 36.8. The van der Waals surface area contributed by atoms with Gasteiger partial charge in [-0.25, -0.2) is 9.50 Å². The van der Waals surface area contributed by atoms with Gasteiger partial charge in [-0.3, -0.25) is 14.7 Å². The minimum Gasteiger partial charge on any atom is -0.481 e. The van der Waals surface area contributed by atoms with E-state index in [0.29, 0.717) is 41.3 Å². The number of aromatic nitrogens is 4. The van der Waals surface area contributed by atoms with Crippen molar-refractivity contribution in [3.8, 4) is 23.0 Å². The summed E-state index contributed by atoms with van der Waals surface area (Å²) < 4.78 is 11.9. The molecule has 0 bridgehead atoms. The zero-order chi connectivity index (χ0) is 22.2. The van der Waals surface area contributed by atoms with Crippen molar-refractivity contribution in [3.05, 3.63) is 75.7 Å². The summed E-state index contributed by atoms with van der Waals surface area (Å²) in [5.74, 6) is 0.326. The van der Waals surface area contributed by atoms with Gasteiger partial charge in [-0.15, -0.1) is 0 Å². The van der Waals surface area contributed by atoms with E-state index in [4.69, 9.17) is 9.47 Å². The molecular weight excluding hydrogens is 410 g/mol. The molecular formula is C23H21N5O4. The van der Waals surface area contributed by atoms with Crippen LogP contribution in [0.5, 0.6) is 11.8 Å². The second-order valence-electron chi connectivity index (χ2n) is 7.46. The molecule has 5 rings (SSSR count). The van der Waals surface area contributed by atoms with E-state index in [1.165, 1.54) is 18.7 Å². The molecule has 1 aliphatic rings. The lowest BCUT2D eigenvalue weighted by molar-refractivity contribution is 0.0727. The quantitative estimate of drug-likeness (QED) is 0.532. The van der Waals surface area contributed by atoms with Crippen molar-refractivity contribution < 1.29 is 14.3 Å². The molecule has 0 aliphatic carbocycles. The lowest BCUT2D eigenvalue weighted by Crippen LogP contribution is -2.40. The summed E-state index contributed by atoms with van der Waals surface area (Å²) in [5, 5.41) is 3.14. The first-order valence-electron chi connectivity index (χ1n) is 10.2. The minimum atomic E-state index is -0.233. The first-order chi connectivity index (χ1) is 15.6. The molecule has 1 aromatic carbocycles. The number of hydrogen-bond donors (Lipinski definition) is 1. The molecule has 0 saturated heterocycles. The van der Waals surface area contributed by atoms with Gasteiger partial charge in [-0.1, -0.05) is 30.3 Å². The van der Waals surface area contributed by atoms with Crippen molar-refractivity contribution in [2.75, 3.05) is 20.8 Å². The molecule has 0 saturated carbocycles. The highest BCUT2D eigenvalue weighted by Crippen LogP contribution is 2.25. The van der Waals surface area contributed by atoms with Crippen molar-refractivity contribution in [3.63, 3.8) is 0 Å². The van der Waals surface area contributed by atoms with Gasteiger partial charge >= 0.3 is 0 Å². The van der Waals surface area contributed by atoms with Gasteiger partial charge < -0.3 is 14.4 Å². The second-order valence-corrected chi connectivity index (χ2v) is 7.46. The monoisotopic (exact) mass is 431 g/mol. The van der Waals surface area contributed by atoms with Crippen LogP contribution in [0.25, 0.3) is 16.9 Å². The van der Waals surface area contributed by atoms with Crippen LogP contribution in [0.4, 0.5) is 0 Å². The lowest BCUT2D eigenvalue weighted by Gasteiger charge is -2.28. The number of benzene rings is 1. The van der Waals surface area contributed by atoms with Crippen molar-refractivity contribution >= 4 is 11.6 Å². The number of H-pyrrole nitrogens is 1. The third-order valence-corrected chi connectivity index (χ3v) is 5.61. The predicted molar refractivity (Wildman–Crippen MR) is 117 cm³/mol. The molecule has 9 heteroatoms. The Bertz CT molecular complexity index is 1380. The molecule has 0 atom stereocenters. The molecule has 4 aromatic rings. The van der Waals surface area contributed by atoms with Crippen LogP contribution in [0.1, 0.15) is 21.6 Å². The molecule has 3 aromatic heterocycles. The van der Waals surface area contributed by atoms with Crippen LogP contribution in [-0.4, -0.2) is 51.2 Å². The van der Waals surface area contributed by atoms with Crippen LogP contribution in [0, 0.1) is 0 Å². The fourth-order valence-corrected chi connectivity index (χ4v) is 3.96. The van der Waals surface area contributed by atoms with Gasteiger partial charge in [0.25, 0.3) is 11.5 Å². The first kappa shape index (κ1) is 19.8. The molecule has 0 unspecified atom stereocenters. The van der Waals surface area contributed by atoms with Gasteiger partial charge in [-0.05, 0) is 18.1 Å². The number of carbonyl (C=O) groups excluding carboxylic acids is 1. The second kappa shape index (κ2) is 7.84. The average Bonchev–Trinajstić information content (AvgIpc) is 3.28. The van der Waals surface area contributed by atoms with Crippen LogP contribution in [0.2, 0.25) is 0 Å². The normalized spacial score (nSPS) is 13.1. The molecule has 32 heavy (non-hydrogen) atoms. The number of fused-ring (bicyclic) bond motifs is 2. The van der Waals surface area contributed by atoms with Crippen LogP contribution < -0.4 is 15.0 Å². The number of amides is 1. The van der Waals surface area contributed by atoms with Gasteiger partial charge in [0.1, 0.15) is 5.56 Å². The lowest BCUT2D eigenvalue weighted by atomic mass is 10.1. The Morgan fingerprint density at radius 3 is 2.62 bits per heavy atom. The Morgan fingerprint density at radius 1 is 1.06 bits per heavy atom. The maximum absolute atomic E-state index is 13.2. The molecule has 1 aliphatic heterocycles. The van der Waals surface area contributed by atoms with Crippen molar-refractivity contribution in [1.82, 2.24) is 24.5 Å². The van der Waals surface area contributed by atoms with E-state index in [-0.39, 0.29) is 23.9 Å². The molecule has 0 spiro atoms. The maximum atomic E-state index is 13.2. The maximum Gasteiger partial charge on any atom is 0.276 e. The number of aromatic amines is 1. The summed E-state index contributed by atoms with van der Waals surface area (Å²) in [6.45, 7) is 0.636. The number of nitrogens with one attached hydrogen (secondary N) is 1.